The molecule has 0 aliphatic rings. The van der Waals surface area contributed by atoms with Crippen molar-refractivity contribution in [3.05, 3.63) is 42.4 Å². The van der Waals surface area contributed by atoms with Gasteiger partial charge in [0.2, 0.25) is 0 Å². The number of fused-ring (bicyclic) bond motifs is 1. The van der Waals surface area contributed by atoms with Gasteiger partial charge in [-0.15, -0.1) is 0 Å². The maximum atomic E-state index is 5.02. The molecule has 80 valence electrons. The van der Waals surface area contributed by atoms with Gasteiger partial charge in [-0.25, -0.2) is 0 Å². The molecule has 2 aromatic heterocycles. The van der Waals surface area contributed by atoms with Crippen LogP contribution in [0.5, 0.6) is 0 Å². The van der Waals surface area contributed by atoms with Crippen molar-refractivity contribution < 1.29 is 4.42 Å². The fraction of sp³-hybridized carbons (Fsp3) is 0.0909. The molecule has 1 N–H and O–H groups in total. The quantitative estimate of drug-likeness (QED) is 0.743. The third-order valence-electron chi connectivity index (χ3n) is 2.35. The molecular weight excluding hydrogens is 269 g/mol. The first-order valence-corrected chi connectivity index (χ1v) is 6.43. The standard InChI is InChI=1S/C11H9N3OSe/c1-2-9(11-10(3-1)13-16-14-11)12-6-8-4-5-15-7-8/h1-5,7,12H,6H2. The van der Waals surface area contributed by atoms with E-state index in [1.807, 2.05) is 24.3 Å². The van der Waals surface area contributed by atoms with Crippen molar-refractivity contribution in [3.63, 3.8) is 0 Å². The van der Waals surface area contributed by atoms with Crippen LogP contribution in [0.2, 0.25) is 0 Å². The number of anilines is 1. The van der Waals surface area contributed by atoms with Crippen LogP contribution in [0.4, 0.5) is 5.69 Å². The van der Waals surface area contributed by atoms with Crippen LogP contribution < -0.4 is 5.32 Å². The van der Waals surface area contributed by atoms with Gasteiger partial charge < -0.3 is 0 Å². The van der Waals surface area contributed by atoms with Gasteiger partial charge in [0.15, 0.2) is 0 Å². The van der Waals surface area contributed by atoms with Gasteiger partial charge in [-0.3, -0.25) is 0 Å². The summed E-state index contributed by atoms with van der Waals surface area (Å²) in [5, 5.41) is 3.34. The molecule has 16 heavy (non-hydrogen) atoms. The van der Waals surface area contributed by atoms with E-state index in [9.17, 15) is 0 Å². The van der Waals surface area contributed by atoms with E-state index in [2.05, 4.69) is 13.3 Å². The molecule has 0 aliphatic heterocycles. The molecule has 0 spiro atoms. The Morgan fingerprint density at radius 1 is 1.25 bits per heavy atom. The van der Waals surface area contributed by atoms with Gasteiger partial charge in [0.05, 0.1) is 0 Å². The zero-order valence-electron chi connectivity index (χ0n) is 8.38. The minimum atomic E-state index is 0.0236. The van der Waals surface area contributed by atoms with Crippen LogP contribution in [0.15, 0.2) is 41.2 Å². The van der Waals surface area contributed by atoms with Crippen LogP contribution in [-0.4, -0.2) is 22.9 Å². The van der Waals surface area contributed by atoms with Crippen molar-refractivity contribution in [2.45, 2.75) is 6.54 Å². The predicted octanol–water partition coefficient (Wildman–Crippen LogP) is 1.89. The molecule has 1 aromatic carbocycles. The van der Waals surface area contributed by atoms with E-state index in [0.29, 0.717) is 0 Å². The number of nitrogens with zero attached hydrogens (tertiary/aromatic N) is 2. The molecule has 0 radical (unpaired) electrons. The summed E-state index contributed by atoms with van der Waals surface area (Å²) in [4.78, 5) is 0. The van der Waals surface area contributed by atoms with Gasteiger partial charge in [-0.1, -0.05) is 0 Å². The van der Waals surface area contributed by atoms with E-state index in [-0.39, 0.29) is 15.0 Å². The second-order valence-corrected chi connectivity index (χ2v) is 4.53. The summed E-state index contributed by atoms with van der Waals surface area (Å²) in [5.74, 6) is 0. The van der Waals surface area contributed by atoms with Gasteiger partial charge >= 0.3 is 98.3 Å². The molecule has 3 aromatic rings. The van der Waals surface area contributed by atoms with E-state index in [0.717, 1.165) is 28.8 Å². The summed E-state index contributed by atoms with van der Waals surface area (Å²) < 4.78 is 13.8. The summed E-state index contributed by atoms with van der Waals surface area (Å²) in [7, 11) is 0. The molecule has 0 atom stereocenters. The Kier molecular flexibility index (Phi) is 2.48. The third kappa shape index (κ3) is 1.75. The second kappa shape index (κ2) is 4.12. The molecule has 4 nitrogen and oxygen atoms in total. The van der Waals surface area contributed by atoms with Gasteiger partial charge in [-0.05, 0) is 0 Å². The van der Waals surface area contributed by atoms with Gasteiger partial charge in [0.1, 0.15) is 0 Å². The van der Waals surface area contributed by atoms with Gasteiger partial charge in [-0.2, -0.15) is 0 Å². The molecule has 0 saturated heterocycles. The topological polar surface area (TPSA) is 51.0 Å². The molecule has 0 amide bonds. The number of nitrogens with one attached hydrogen (secondary N) is 1. The normalized spacial score (nSPS) is 10.8. The molecular formula is C11H9N3OSe. The average molecular weight is 278 g/mol. The first-order valence-electron chi connectivity index (χ1n) is 4.90. The van der Waals surface area contributed by atoms with Crippen molar-refractivity contribution in [1.29, 1.82) is 0 Å². The molecule has 0 saturated carbocycles. The zero-order chi connectivity index (χ0) is 10.8. The second-order valence-electron chi connectivity index (χ2n) is 3.42. The molecule has 0 fully saturated rings. The summed E-state index contributed by atoms with van der Waals surface area (Å²) in [6, 6.07) is 7.97. The number of furan rings is 1. The van der Waals surface area contributed by atoms with Gasteiger partial charge in [0, 0.05) is 0 Å². The SMILES string of the molecule is c1cc(NCc2ccoc2)c2n[se]nc2c1. The van der Waals surface area contributed by atoms with E-state index in [1.54, 1.807) is 12.5 Å². The van der Waals surface area contributed by atoms with E-state index in [1.165, 1.54) is 0 Å². The fourth-order valence-electron chi connectivity index (χ4n) is 1.54. The molecule has 5 heteroatoms. The average Bonchev–Trinajstić information content (AvgIpc) is 2.97. The van der Waals surface area contributed by atoms with E-state index in [4.69, 9.17) is 4.42 Å². The summed E-state index contributed by atoms with van der Waals surface area (Å²) in [5.41, 5.74) is 4.16. The van der Waals surface area contributed by atoms with Crippen LogP contribution in [-0.2, 0) is 6.54 Å². The Morgan fingerprint density at radius 2 is 2.25 bits per heavy atom. The predicted molar refractivity (Wildman–Crippen MR) is 62.5 cm³/mol. The zero-order valence-corrected chi connectivity index (χ0v) is 10.1. The number of aromatic nitrogens is 2. The summed E-state index contributed by atoms with van der Waals surface area (Å²) >= 11 is 0.0236. The monoisotopic (exact) mass is 279 g/mol. The molecule has 0 unspecified atom stereocenters. The Hall–Kier alpha value is -1.58. The minimum absolute atomic E-state index is 0.0236. The van der Waals surface area contributed by atoms with E-state index >= 15 is 0 Å². The summed E-state index contributed by atoms with van der Waals surface area (Å²) in [6.07, 6.45) is 3.41. The first-order chi connectivity index (χ1) is 7.93. The van der Waals surface area contributed by atoms with Crippen LogP contribution >= 0.6 is 0 Å². The molecule has 2 heterocycles. The Labute approximate surface area is 98.5 Å². The number of hydrogen-bond donors (Lipinski definition) is 1. The van der Waals surface area contributed by atoms with Crippen molar-refractivity contribution >= 4 is 31.7 Å². The summed E-state index contributed by atoms with van der Waals surface area (Å²) in [6.45, 7) is 0.746. The van der Waals surface area contributed by atoms with Crippen LogP contribution in [0.25, 0.3) is 11.0 Å². The van der Waals surface area contributed by atoms with Crippen LogP contribution in [0.1, 0.15) is 5.56 Å². The van der Waals surface area contributed by atoms with Crippen molar-refractivity contribution in [2.24, 2.45) is 0 Å². The van der Waals surface area contributed by atoms with Crippen molar-refractivity contribution in [3.8, 4) is 0 Å². The van der Waals surface area contributed by atoms with Gasteiger partial charge in [0.25, 0.3) is 0 Å². The Balaban J connectivity index is 1.86. The fourth-order valence-corrected chi connectivity index (χ4v) is 2.69. The van der Waals surface area contributed by atoms with Crippen LogP contribution in [0.3, 0.4) is 0 Å². The Bertz CT molecular complexity index is 588. The number of rotatable bonds is 3. The number of hydrogen-bond acceptors (Lipinski definition) is 4. The third-order valence-corrected chi connectivity index (χ3v) is 3.49. The molecule has 0 bridgehead atoms. The first kappa shape index (κ1) is 9.63. The molecule has 3 rings (SSSR count). The van der Waals surface area contributed by atoms with Crippen LogP contribution in [0, 0.1) is 0 Å². The van der Waals surface area contributed by atoms with Crippen molar-refractivity contribution in [2.75, 3.05) is 5.32 Å². The maximum absolute atomic E-state index is 5.02. The van der Waals surface area contributed by atoms with Crippen molar-refractivity contribution in [1.82, 2.24) is 7.96 Å². The Morgan fingerprint density at radius 3 is 3.12 bits per heavy atom. The van der Waals surface area contributed by atoms with E-state index < -0.39 is 0 Å². The number of benzene rings is 1. The molecule has 0 aliphatic carbocycles.